The first-order valence-corrected chi connectivity index (χ1v) is 8.59. The number of carbonyl (C=O) groups is 1. The fourth-order valence-corrected chi connectivity index (χ4v) is 3.17. The van der Waals surface area contributed by atoms with E-state index in [9.17, 15) is 4.79 Å². The third kappa shape index (κ3) is 3.54. The van der Waals surface area contributed by atoms with Gasteiger partial charge in [-0.2, -0.15) is 0 Å². The Morgan fingerprint density at radius 2 is 2.08 bits per heavy atom. The van der Waals surface area contributed by atoms with Crippen molar-refractivity contribution in [3.05, 3.63) is 59.4 Å². The van der Waals surface area contributed by atoms with Gasteiger partial charge in [0.25, 0.3) is 0 Å². The van der Waals surface area contributed by atoms with Gasteiger partial charge in [-0.05, 0) is 49.6 Å². The summed E-state index contributed by atoms with van der Waals surface area (Å²) in [6.45, 7) is 2.39. The fourth-order valence-electron chi connectivity index (χ4n) is 3.04. The second-order valence-electron chi connectivity index (χ2n) is 6.27. The topological polar surface area (TPSA) is 51.2 Å². The lowest BCUT2D eigenvalue weighted by Gasteiger charge is -2.41. The van der Waals surface area contributed by atoms with Crippen LogP contribution < -0.4 is 10.1 Å². The predicted molar refractivity (Wildman–Crippen MR) is 94.3 cm³/mol. The van der Waals surface area contributed by atoms with E-state index in [1.807, 2.05) is 43.3 Å². The lowest BCUT2D eigenvalue weighted by molar-refractivity contribution is -0.130. The van der Waals surface area contributed by atoms with Crippen molar-refractivity contribution in [2.75, 3.05) is 6.54 Å². The van der Waals surface area contributed by atoms with E-state index in [1.165, 1.54) is 0 Å². The Morgan fingerprint density at radius 3 is 2.67 bits per heavy atom. The maximum absolute atomic E-state index is 12.8. The molecule has 4 nitrogen and oxygen atoms in total. The number of halogens is 1. The largest absolute Gasteiger partial charge is 0.487 e. The van der Waals surface area contributed by atoms with Crippen molar-refractivity contribution >= 4 is 17.5 Å². The number of benzene rings is 1. The second kappa shape index (κ2) is 7.22. The van der Waals surface area contributed by atoms with E-state index in [4.69, 9.17) is 16.3 Å². The summed E-state index contributed by atoms with van der Waals surface area (Å²) in [4.78, 5) is 16.8. The minimum absolute atomic E-state index is 0.0673. The van der Waals surface area contributed by atoms with Crippen LogP contribution in [-0.2, 0) is 10.2 Å². The normalized spacial score (nSPS) is 16.8. The van der Waals surface area contributed by atoms with Crippen LogP contribution >= 0.6 is 11.6 Å². The fraction of sp³-hybridized carbons (Fsp3) is 0.368. The number of amides is 1. The summed E-state index contributed by atoms with van der Waals surface area (Å²) in [5, 5.41) is 3.73. The molecule has 1 aliphatic carbocycles. The van der Waals surface area contributed by atoms with Crippen LogP contribution in [0.15, 0.2) is 48.8 Å². The molecule has 0 spiro atoms. The molecular weight excluding hydrogens is 324 g/mol. The van der Waals surface area contributed by atoms with Crippen molar-refractivity contribution in [1.82, 2.24) is 10.3 Å². The quantitative estimate of drug-likeness (QED) is 0.868. The van der Waals surface area contributed by atoms with Crippen LogP contribution in [0.25, 0.3) is 0 Å². The van der Waals surface area contributed by atoms with E-state index in [2.05, 4.69) is 10.3 Å². The number of aromatic nitrogens is 1. The smallest absolute Gasteiger partial charge is 0.230 e. The van der Waals surface area contributed by atoms with E-state index in [0.29, 0.717) is 17.3 Å². The zero-order chi connectivity index (χ0) is 17.0. The SMILES string of the molecule is CC(CNC(=O)C1(c2ccc(Cl)cc2)CCC1)Oc1cccnc1. The first kappa shape index (κ1) is 16.8. The van der Waals surface area contributed by atoms with Gasteiger partial charge in [-0.3, -0.25) is 9.78 Å². The Hall–Kier alpha value is -2.07. The molecule has 126 valence electrons. The van der Waals surface area contributed by atoms with Gasteiger partial charge in [0.2, 0.25) is 5.91 Å². The highest BCUT2D eigenvalue weighted by Crippen LogP contribution is 2.44. The molecule has 0 bridgehead atoms. The van der Waals surface area contributed by atoms with Gasteiger partial charge in [0, 0.05) is 11.2 Å². The van der Waals surface area contributed by atoms with E-state index in [1.54, 1.807) is 12.4 Å². The standard InChI is InChI=1S/C19H21ClN2O2/c1-14(24-17-4-2-11-21-13-17)12-22-18(23)19(9-3-10-19)15-5-7-16(20)8-6-15/h2,4-8,11,13-14H,3,9-10,12H2,1H3,(H,22,23). The zero-order valence-electron chi connectivity index (χ0n) is 13.7. The summed E-state index contributed by atoms with van der Waals surface area (Å²) in [5.74, 6) is 0.771. The molecule has 1 aromatic heterocycles. The maximum Gasteiger partial charge on any atom is 0.230 e. The number of rotatable bonds is 6. The van der Waals surface area contributed by atoms with Crippen LogP contribution in [0.1, 0.15) is 31.7 Å². The highest BCUT2D eigenvalue weighted by atomic mass is 35.5. The average Bonchev–Trinajstić information content (AvgIpc) is 2.54. The van der Waals surface area contributed by atoms with Crippen LogP contribution in [0.2, 0.25) is 5.02 Å². The maximum atomic E-state index is 12.8. The van der Waals surface area contributed by atoms with Crippen molar-refractivity contribution in [3.8, 4) is 5.75 Å². The number of nitrogens with one attached hydrogen (secondary N) is 1. The second-order valence-corrected chi connectivity index (χ2v) is 6.71. The van der Waals surface area contributed by atoms with E-state index < -0.39 is 5.41 Å². The summed E-state index contributed by atoms with van der Waals surface area (Å²) >= 11 is 5.96. The molecule has 5 heteroatoms. The average molecular weight is 345 g/mol. The number of ether oxygens (including phenoxy) is 1. The van der Waals surface area contributed by atoms with Crippen molar-refractivity contribution in [3.63, 3.8) is 0 Å². The minimum Gasteiger partial charge on any atom is -0.487 e. The molecule has 1 N–H and O–H groups in total. The first-order chi connectivity index (χ1) is 11.6. The zero-order valence-corrected chi connectivity index (χ0v) is 14.4. The first-order valence-electron chi connectivity index (χ1n) is 8.21. The molecule has 1 saturated carbocycles. The van der Waals surface area contributed by atoms with Crippen molar-refractivity contribution in [1.29, 1.82) is 0 Å². The van der Waals surface area contributed by atoms with Gasteiger partial charge in [-0.15, -0.1) is 0 Å². The van der Waals surface area contributed by atoms with Gasteiger partial charge in [0.1, 0.15) is 11.9 Å². The molecule has 1 unspecified atom stereocenters. The molecular formula is C19H21ClN2O2. The van der Waals surface area contributed by atoms with E-state index in [-0.39, 0.29) is 12.0 Å². The monoisotopic (exact) mass is 344 g/mol. The van der Waals surface area contributed by atoms with Gasteiger partial charge in [0.15, 0.2) is 0 Å². The van der Waals surface area contributed by atoms with Gasteiger partial charge in [-0.1, -0.05) is 30.2 Å². The molecule has 1 heterocycles. The van der Waals surface area contributed by atoms with Gasteiger partial charge in [0.05, 0.1) is 18.2 Å². The molecule has 24 heavy (non-hydrogen) atoms. The number of carbonyl (C=O) groups excluding carboxylic acids is 1. The van der Waals surface area contributed by atoms with Crippen LogP contribution in [0.3, 0.4) is 0 Å². The van der Waals surface area contributed by atoms with Crippen LogP contribution in [0.4, 0.5) is 0 Å². The molecule has 0 radical (unpaired) electrons. The highest BCUT2D eigenvalue weighted by molar-refractivity contribution is 6.30. The Kier molecular flexibility index (Phi) is 5.05. The Balaban J connectivity index is 1.60. The molecule has 1 fully saturated rings. The number of hydrogen-bond acceptors (Lipinski definition) is 3. The predicted octanol–water partition coefficient (Wildman–Crippen LogP) is 3.74. The molecule has 1 aromatic carbocycles. The Bertz CT molecular complexity index is 684. The van der Waals surface area contributed by atoms with Gasteiger partial charge < -0.3 is 10.1 Å². The third-order valence-electron chi connectivity index (χ3n) is 4.56. The van der Waals surface area contributed by atoms with Gasteiger partial charge >= 0.3 is 0 Å². The molecule has 1 aliphatic rings. The molecule has 3 rings (SSSR count). The Morgan fingerprint density at radius 1 is 1.33 bits per heavy atom. The molecule has 0 saturated heterocycles. The van der Waals surface area contributed by atoms with E-state index in [0.717, 1.165) is 24.8 Å². The number of hydrogen-bond donors (Lipinski definition) is 1. The molecule has 1 amide bonds. The lowest BCUT2D eigenvalue weighted by Crippen LogP contribution is -2.50. The van der Waals surface area contributed by atoms with Crippen molar-refractivity contribution in [2.24, 2.45) is 0 Å². The lowest BCUT2D eigenvalue weighted by atomic mass is 9.64. The van der Waals surface area contributed by atoms with Crippen LogP contribution in [-0.4, -0.2) is 23.5 Å². The van der Waals surface area contributed by atoms with Gasteiger partial charge in [-0.25, -0.2) is 0 Å². The summed E-state index contributed by atoms with van der Waals surface area (Å²) in [5.41, 5.74) is 0.620. The number of pyridine rings is 1. The summed E-state index contributed by atoms with van der Waals surface area (Å²) in [6.07, 6.45) is 6.06. The summed E-state index contributed by atoms with van der Waals surface area (Å²) in [7, 11) is 0. The number of nitrogens with zero attached hydrogens (tertiary/aromatic N) is 1. The van der Waals surface area contributed by atoms with Crippen LogP contribution in [0.5, 0.6) is 5.75 Å². The molecule has 1 atom stereocenters. The van der Waals surface area contributed by atoms with Crippen molar-refractivity contribution < 1.29 is 9.53 Å². The minimum atomic E-state index is -0.418. The van der Waals surface area contributed by atoms with E-state index >= 15 is 0 Å². The van der Waals surface area contributed by atoms with Crippen molar-refractivity contribution in [2.45, 2.75) is 37.7 Å². The third-order valence-corrected chi connectivity index (χ3v) is 4.81. The summed E-state index contributed by atoms with van der Waals surface area (Å²) < 4.78 is 5.76. The highest BCUT2D eigenvalue weighted by Gasteiger charge is 2.45. The molecule has 0 aliphatic heterocycles. The summed E-state index contributed by atoms with van der Waals surface area (Å²) in [6, 6.07) is 11.3. The molecule has 2 aromatic rings. The van der Waals surface area contributed by atoms with Crippen LogP contribution in [0, 0.1) is 0 Å². The Labute approximate surface area is 147 Å².